The number of hydrogen-bond donors (Lipinski definition) is 0. The lowest BCUT2D eigenvalue weighted by atomic mass is 10.3. The minimum atomic E-state index is -0.331. The summed E-state index contributed by atoms with van der Waals surface area (Å²) in [6.45, 7) is 1.95. The molecule has 3 heteroatoms. The Balaban J connectivity index is 2.23. The second-order valence-corrected chi connectivity index (χ2v) is 2.19. The van der Waals surface area contributed by atoms with Crippen LogP contribution < -0.4 is 0 Å². The van der Waals surface area contributed by atoms with Gasteiger partial charge in [0.25, 0.3) is 0 Å². The molecule has 0 aromatic rings. The zero-order valence-electron chi connectivity index (χ0n) is 6.03. The number of methoxy groups -OCH3 is 1. The first-order valence-electron chi connectivity index (χ1n) is 3.15. The Hall–Kier alpha value is -0.830. The average Bonchev–Trinajstić information content (AvgIpc) is 2.61. The first kappa shape index (κ1) is 7.28. The standard InChI is InChI=1S/C7H10O3/c1-5-6(10-5)3-4-7(8)9-2/h3-6H,1-2H3/t5-,6-/m0/s1. The predicted molar refractivity (Wildman–Crippen MR) is 35.5 cm³/mol. The highest BCUT2D eigenvalue weighted by molar-refractivity contribution is 5.81. The van der Waals surface area contributed by atoms with Crippen molar-refractivity contribution in [2.45, 2.75) is 19.1 Å². The van der Waals surface area contributed by atoms with Crippen molar-refractivity contribution in [2.75, 3.05) is 7.11 Å². The Labute approximate surface area is 59.6 Å². The Bertz CT molecular complexity index is 162. The molecule has 1 aliphatic rings. The summed E-state index contributed by atoms with van der Waals surface area (Å²) in [5.41, 5.74) is 0. The maximum atomic E-state index is 10.5. The molecule has 1 rings (SSSR count). The third-order valence-electron chi connectivity index (χ3n) is 1.38. The van der Waals surface area contributed by atoms with Crippen LogP contribution in [0, 0.1) is 0 Å². The molecule has 10 heavy (non-hydrogen) atoms. The van der Waals surface area contributed by atoms with E-state index in [0.29, 0.717) is 0 Å². The minimum Gasteiger partial charge on any atom is -0.466 e. The van der Waals surface area contributed by atoms with Crippen molar-refractivity contribution < 1.29 is 14.3 Å². The SMILES string of the molecule is COC(=O)C=C[C@@H]1O[C@H]1C. The highest BCUT2D eigenvalue weighted by Gasteiger charge is 2.31. The minimum absolute atomic E-state index is 0.124. The fraction of sp³-hybridized carbons (Fsp3) is 0.571. The number of esters is 1. The van der Waals surface area contributed by atoms with Crippen LogP contribution in [0.1, 0.15) is 6.92 Å². The van der Waals surface area contributed by atoms with Crippen LogP contribution in [0.15, 0.2) is 12.2 Å². The van der Waals surface area contributed by atoms with E-state index >= 15 is 0 Å². The van der Waals surface area contributed by atoms with E-state index in [1.54, 1.807) is 6.08 Å². The van der Waals surface area contributed by atoms with E-state index in [-0.39, 0.29) is 18.2 Å². The Morgan fingerprint density at radius 2 is 2.30 bits per heavy atom. The second-order valence-electron chi connectivity index (χ2n) is 2.19. The van der Waals surface area contributed by atoms with Crippen LogP contribution in [0.3, 0.4) is 0 Å². The summed E-state index contributed by atoms with van der Waals surface area (Å²) < 4.78 is 9.40. The molecule has 56 valence electrons. The largest absolute Gasteiger partial charge is 0.466 e. The monoisotopic (exact) mass is 142 g/mol. The molecule has 0 N–H and O–H groups in total. The van der Waals surface area contributed by atoms with Gasteiger partial charge in [0, 0.05) is 6.08 Å². The predicted octanol–water partition coefficient (Wildman–Crippen LogP) is 0.503. The third kappa shape index (κ3) is 1.84. The fourth-order valence-electron chi connectivity index (χ4n) is 0.646. The van der Waals surface area contributed by atoms with Crippen molar-refractivity contribution in [3.63, 3.8) is 0 Å². The quantitative estimate of drug-likeness (QED) is 0.320. The highest BCUT2D eigenvalue weighted by atomic mass is 16.6. The molecule has 2 atom stereocenters. The lowest BCUT2D eigenvalue weighted by Crippen LogP contribution is -1.95. The lowest BCUT2D eigenvalue weighted by molar-refractivity contribution is -0.134. The van der Waals surface area contributed by atoms with Gasteiger partial charge in [-0.1, -0.05) is 0 Å². The van der Waals surface area contributed by atoms with Gasteiger partial charge in [-0.15, -0.1) is 0 Å². The first-order valence-corrected chi connectivity index (χ1v) is 3.15. The zero-order chi connectivity index (χ0) is 7.56. The van der Waals surface area contributed by atoms with E-state index in [9.17, 15) is 4.79 Å². The van der Waals surface area contributed by atoms with Crippen LogP contribution in [-0.2, 0) is 14.3 Å². The molecule has 1 aliphatic heterocycles. The number of carbonyl (C=O) groups is 1. The van der Waals surface area contributed by atoms with Crippen molar-refractivity contribution in [3.8, 4) is 0 Å². The average molecular weight is 142 g/mol. The van der Waals surface area contributed by atoms with Gasteiger partial charge in [0.1, 0.15) is 6.10 Å². The van der Waals surface area contributed by atoms with Crippen molar-refractivity contribution in [1.82, 2.24) is 0 Å². The van der Waals surface area contributed by atoms with Crippen LogP contribution in [0.4, 0.5) is 0 Å². The molecule has 0 saturated carbocycles. The van der Waals surface area contributed by atoms with E-state index < -0.39 is 0 Å². The van der Waals surface area contributed by atoms with E-state index in [2.05, 4.69) is 4.74 Å². The van der Waals surface area contributed by atoms with E-state index in [1.807, 2.05) is 6.92 Å². The van der Waals surface area contributed by atoms with Crippen molar-refractivity contribution in [1.29, 1.82) is 0 Å². The Morgan fingerprint density at radius 3 is 2.70 bits per heavy atom. The zero-order valence-corrected chi connectivity index (χ0v) is 6.03. The summed E-state index contributed by atoms with van der Waals surface area (Å²) >= 11 is 0. The Morgan fingerprint density at radius 1 is 1.70 bits per heavy atom. The van der Waals surface area contributed by atoms with Gasteiger partial charge >= 0.3 is 5.97 Å². The van der Waals surface area contributed by atoms with Gasteiger partial charge in [-0.05, 0) is 13.0 Å². The maximum Gasteiger partial charge on any atom is 0.330 e. The van der Waals surface area contributed by atoms with E-state index in [4.69, 9.17) is 4.74 Å². The molecule has 3 nitrogen and oxygen atoms in total. The van der Waals surface area contributed by atoms with Crippen LogP contribution in [0.25, 0.3) is 0 Å². The van der Waals surface area contributed by atoms with Crippen LogP contribution in [-0.4, -0.2) is 25.3 Å². The molecular formula is C7H10O3. The third-order valence-corrected chi connectivity index (χ3v) is 1.38. The molecule has 0 radical (unpaired) electrons. The van der Waals surface area contributed by atoms with E-state index in [0.717, 1.165) is 0 Å². The van der Waals surface area contributed by atoms with Crippen molar-refractivity contribution in [2.24, 2.45) is 0 Å². The van der Waals surface area contributed by atoms with Gasteiger partial charge in [0.15, 0.2) is 0 Å². The molecule has 0 amide bonds. The van der Waals surface area contributed by atoms with Crippen LogP contribution in [0.5, 0.6) is 0 Å². The molecule has 0 aromatic heterocycles. The number of epoxide rings is 1. The second kappa shape index (κ2) is 2.84. The smallest absolute Gasteiger partial charge is 0.330 e. The summed E-state index contributed by atoms with van der Waals surface area (Å²) in [6.07, 6.45) is 3.48. The molecule has 1 heterocycles. The van der Waals surface area contributed by atoms with Gasteiger partial charge in [-0.3, -0.25) is 0 Å². The molecule has 0 spiro atoms. The normalized spacial score (nSPS) is 30.6. The molecule has 0 unspecified atom stereocenters. The number of carbonyl (C=O) groups excluding carboxylic acids is 1. The lowest BCUT2D eigenvalue weighted by Gasteiger charge is -1.86. The van der Waals surface area contributed by atoms with Crippen molar-refractivity contribution >= 4 is 5.97 Å². The summed E-state index contributed by atoms with van der Waals surface area (Å²) in [7, 11) is 1.35. The fourth-order valence-corrected chi connectivity index (χ4v) is 0.646. The van der Waals surface area contributed by atoms with Gasteiger partial charge in [0.2, 0.25) is 0 Å². The molecule has 0 bridgehead atoms. The molecule has 1 fully saturated rings. The summed E-state index contributed by atoms with van der Waals surface area (Å²) in [4.78, 5) is 10.5. The summed E-state index contributed by atoms with van der Waals surface area (Å²) in [5.74, 6) is -0.331. The molecule has 0 aromatic carbocycles. The van der Waals surface area contributed by atoms with E-state index in [1.165, 1.54) is 13.2 Å². The summed E-state index contributed by atoms with van der Waals surface area (Å²) in [6, 6.07) is 0. The first-order chi connectivity index (χ1) is 4.74. The van der Waals surface area contributed by atoms with Gasteiger partial charge < -0.3 is 9.47 Å². The number of rotatable bonds is 2. The maximum absolute atomic E-state index is 10.5. The highest BCUT2D eigenvalue weighted by Crippen LogP contribution is 2.21. The van der Waals surface area contributed by atoms with Crippen LogP contribution in [0.2, 0.25) is 0 Å². The van der Waals surface area contributed by atoms with Gasteiger partial charge in [0.05, 0.1) is 13.2 Å². The van der Waals surface area contributed by atoms with Crippen molar-refractivity contribution in [3.05, 3.63) is 12.2 Å². The summed E-state index contributed by atoms with van der Waals surface area (Å²) in [5, 5.41) is 0. The van der Waals surface area contributed by atoms with Gasteiger partial charge in [-0.25, -0.2) is 4.79 Å². The molecular weight excluding hydrogens is 132 g/mol. The Kier molecular flexibility index (Phi) is 2.06. The van der Waals surface area contributed by atoms with Crippen LogP contribution >= 0.6 is 0 Å². The number of ether oxygens (including phenoxy) is 2. The topological polar surface area (TPSA) is 38.8 Å². The molecule has 0 aliphatic carbocycles. The molecule has 1 saturated heterocycles. The number of hydrogen-bond acceptors (Lipinski definition) is 3. The van der Waals surface area contributed by atoms with Gasteiger partial charge in [-0.2, -0.15) is 0 Å².